The average molecular weight is 591 g/mol. The minimum Gasteiger partial charge on any atom is -0.379 e. The summed E-state index contributed by atoms with van der Waals surface area (Å²) in [6.45, 7) is 5.89. The van der Waals surface area contributed by atoms with Crippen LogP contribution in [0.25, 0.3) is 0 Å². The molecule has 9 heteroatoms. The molecule has 2 amide bonds. The van der Waals surface area contributed by atoms with Crippen LogP contribution in [0.3, 0.4) is 0 Å². The van der Waals surface area contributed by atoms with Crippen molar-refractivity contribution in [2.75, 3.05) is 23.8 Å². The van der Waals surface area contributed by atoms with Gasteiger partial charge in [-0.1, -0.05) is 75.2 Å². The summed E-state index contributed by atoms with van der Waals surface area (Å²) < 4.78 is 27.8. The van der Waals surface area contributed by atoms with Crippen molar-refractivity contribution in [2.45, 2.75) is 63.4 Å². The van der Waals surface area contributed by atoms with Gasteiger partial charge in [-0.2, -0.15) is 0 Å². The predicted octanol–water partition coefficient (Wildman–Crippen LogP) is 5.57. The van der Waals surface area contributed by atoms with Gasteiger partial charge in [-0.3, -0.25) is 9.59 Å². The molecule has 42 heavy (non-hydrogen) atoms. The van der Waals surface area contributed by atoms with Gasteiger partial charge in [-0.25, -0.2) is 13.1 Å². The topological polar surface area (TPSA) is 108 Å². The van der Waals surface area contributed by atoms with E-state index in [1.165, 1.54) is 12.1 Å². The van der Waals surface area contributed by atoms with Crippen molar-refractivity contribution < 1.29 is 18.0 Å². The minimum absolute atomic E-state index is 0.0312. The number of carbonyl (C=O) groups is 2. The maximum Gasteiger partial charge on any atom is 0.264 e. The molecule has 1 aliphatic carbocycles. The van der Waals surface area contributed by atoms with Crippen LogP contribution in [0.2, 0.25) is 0 Å². The standard InChI is InChI=1S/C33H42N4O4S/c1-24(2)20-21-37(3)31-19-18-26(22-30(31)34-23-25-12-6-4-7-13-25)32(38)35-29-17-11-10-16-28(29)33(39)36-42(40,41)27-14-8-5-9-15-27/h4-9,12-15,18-19,22,24,28-29,34H,10-11,16-17,20-21,23H2,1-3H3,(H,35,38)(H,36,39)/t28-,29-/m1/s1. The summed E-state index contributed by atoms with van der Waals surface area (Å²) in [7, 11) is -1.94. The Morgan fingerprint density at radius 2 is 1.60 bits per heavy atom. The smallest absolute Gasteiger partial charge is 0.264 e. The lowest BCUT2D eigenvalue weighted by atomic mass is 9.84. The van der Waals surface area contributed by atoms with E-state index in [-0.39, 0.29) is 10.8 Å². The maximum absolute atomic E-state index is 13.5. The zero-order chi connectivity index (χ0) is 30.1. The normalized spacial score (nSPS) is 17.0. The molecule has 3 N–H and O–H groups in total. The molecule has 224 valence electrons. The number of nitrogens with zero attached hydrogens (tertiary/aromatic N) is 1. The van der Waals surface area contributed by atoms with Gasteiger partial charge in [0.1, 0.15) is 0 Å². The number of anilines is 2. The van der Waals surface area contributed by atoms with Crippen LogP contribution in [0.5, 0.6) is 0 Å². The molecule has 3 aromatic carbocycles. The quantitative estimate of drug-likeness (QED) is 0.254. The number of benzene rings is 3. The summed E-state index contributed by atoms with van der Waals surface area (Å²) in [6.07, 6.45) is 3.79. The highest BCUT2D eigenvalue weighted by Gasteiger charge is 2.34. The molecule has 4 rings (SSSR count). The minimum atomic E-state index is -4.00. The Bertz CT molecular complexity index is 1450. The van der Waals surface area contributed by atoms with E-state index in [1.54, 1.807) is 18.2 Å². The van der Waals surface area contributed by atoms with E-state index in [1.807, 2.05) is 36.4 Å². The first kappa shape index (κ1) is 31.1. The molecular weight excluding hydrogens is 548 g/mol. The van der Waals surface area contributed by atoms with Gasteiger partial charge in [-0.15, -0.1) is 0 Å². The maximum atomic E-state index is 13.5. The van der Waals surface area contributed by atoms with Crippen LogP contribution in [-0.4, -0.2) is 39.9 Å². The van der Waals surface area contributed by atoms with E-state index < -0.39 is 27.9 Å². The monoisotopic (exact) mass is 590 g/mol. The van der Waals surface area contributed by atoms with Crippen molar-refractivity contribution in [1.82, 2.24) is 10.0 Å². The van der Waals surface area contributed by atoms with Gasteiger partial charge < -0.3 is 15.5 Å². The van der Waals surface area contributed by atoms with E-state index in [2.05, 4.69) is 53.3 Å². The third kappa shape index (κ3) is 8.35. The van der Waals surface area contributed by atoms with E-state index >= 15 is 0 Å². The zero-order valence-electron chi connectivity index (χ0n) is 24.7. The Morgan fingerprint density at radius 1 is 0.929 bits per heavy atom. The lowest BCUT2D eigenvalue weighted by Gasteiger charge is -2.31. The first-order valence-corrected chi connectivity index (χ1v) is 16.2. The van der Waals surface area contributed by atoms with Crippen LogP contribution in [0.15, 0.2) is 83.8 Å². The van der Waals surface area contributed by atoms with Crippen molar-refractivity contribution in [1.29, 1.82) is 0 Å². The van der Waals surface area contributed by atoms with Crippen molar-refractivity contribution in [3.63, 3.8) is 0 Å². The third-order valence-corrected chi connectivity index (χ3v) is 9.11. The molecular formula is C33H42N4O4S. The Hall–Kier alpha value is -3.85. The summed E-state index contributed by atoms with van der Waals surface area (Å²) >= 11 is 0. The molecule has 0 saturated heterocycles. The number of carbonyl (C=O) groups excluding carboxylic acids is 2. The van der Waals surface area contributed by atoms with Crippen molar-refractivity contribution in [2.24, 2.45) is 11.8 Å². The molecule has 3 aromatic rings. The van der Waals surface area contributed by atoms with Gasteiger partial charge in [0.15, 0.2) is 0 Å². The molecule has 0 aromatic heterocycles. The molecule has 0 aliphatic heterocycles. The summed E-state index contributed by atoms with van der Waals surface area (Å²) in [6, 6.07) is 23.1. The van der Waals surface area contributed by atoms with E-state index in [4.69, 9.17) is 0 Å². The highest BCUT2D eigenvalue weighted by molar-refractivity contribution is 7.90. The fraction of sp³-hybridized carbons (Fsp3) is 0.394. The van der Waals surface area contributed by atoms with Crippen molar-refractivity contribution >= 4 is 33.2 Å². The molecule has 1 aliphatic rings. The molecule has 8 nitrogen and oxygen atoms in total. The van der Waals surface area contributed by atoms with Crippen LogP contribution in [0, 0.1) is 11.8 Å². The number of hydrogen-bond donors (Lipinski definition) is 3. The van der Waals surface area contributed by atoms with Gasteiger partial charge in [0.25, 0.3) is 15.9 Å². The number of sulfonamides is 1. The van der Waals surface area contributed by atoms with Crippen LogP contribution < -0.4 is 20.3 Å². The summed E-state index contributed by atoms with van der Waals surface area (Å²) in [5.41, 5.74) is 3.46. The number of hydrogen-bond acceptors (Lipinski definition) is 6. The Morgan fingerprint density at radius 3 is 2.29 bits per heavy atom. The van der Waals surface area contributed by atoms with Crippen molar-refractivity contribution in [3.8, 4) is 0 Å². The highest BCUT2D eigenvalue weighted by atomic mass is 32.2. The predicted molar refractivity (Wildman–Crippen MR) is 168 cm³/mol. The third-order valence-electron chi connectivity index (χ3n) is 7.75. The molecule has 1 fully saturated rings. The van der Waals surface area contributed by atoms with E-state index in [0.717, 1.165) is 42.7 Å². The van der Waals surface area contributed by atoms with Crippen LogP contribution in [-0.2, 0) is 21.4 Å². The number of amides is 2. The second-order valence-corrected chi connectivity index (χ2v) is 13.1. The second kappa shape index (κ2) is 14.4. The number of rotatable bonds is 12. The molecule has 0 radical (unpaired) electrons. The number of nitrogens with one attached hydrogen (secondary N) is 3. The molecule has 0 unspecified atom stereocenters. The fourth-order valence-corrected chi connectivity index (χ4v) is 6.30. The van der Waals surface area contributed by atoms with Crippen LogP contribution >= 0.6 is 0 Å². The molecule has 0 heterocycles. The van der Waals surface area contributed by atoms with Crippen LogP contribution in [0.4, 0.5) is 11.4 Å². The highest BCUT2D eigenvalue weighted by Crippen LogP contribution is 2.29. The summed E-state index contributed by atoms with van der Waals surface area (Å²) in [4.78, 5) is 28.9. The summed E-state index contributed by atoms with van der Waals surface area (Å²) in [5.74, 6) is -0.944. The van der Waals surface area contributed by atoms with Gasteiger partial charge in [-0.05, 0) is 61.1 Å². The Labute approximate surface area is 250 Å². The first-order chi connectivity index (χ1) is 20.1. The van der Waals surface area contributed by atoms with Gasteiger partial charge in [0.2, 0.25) is 5.91 Å². The molecule has 1 saturated carbocycles. The van der Waals surface area contributed by atoms with E-state index in [0.29, 0.717) is 30.9 Å². The first-order valence-electron chi connectivity index (χ1n) is 14.7. The lowest BCUT2D eigenvalue weighted by molar-refractivity contribution is -0.124. The zero-order valence-corrected chi connectivity index (χ0v) is 25.5. The van der Waals surface area contributed by atoms with Gasteiger partial charge in [0, 0.05) is 31.7 Å². The summed E-state index contributed by atoms with van der Waals surface area (Å²) in [5, 5.41) is 6.56. The SMILES string of the molecule is CC(C)CCN(C)c1ccc(C(=O)N[C@@H]2CCCC[C@H]2C(=O)NS(=O)(=O)c2ccccc2)cc1NCc1ccccc1. The fourth-order valence-electron chi connectivity index (χ4n) is 5.25. The largest absolute Gasteiger partial charge is 0.379 e. The van der Waals surface area contributed by atoms with Gasteiger partial charge in [0.05, 0.1) is 22.2 Å². The molecule has 0 bridgehead atoms. The molecule has 0 spiro atoms. The average Bonchev–Trinajstić information content (AvgIpc) is 2.99. The van der Waals surface area contributed by atoms with Crippen LogP contribution in [0.1, 0.15) is 61.9 Å². The van der Waals surface area contributed by atoms with E-state index in [9.17, 15) is 18.0 Å². The second-order valence-electron chi connectivity index (χ2n) is 11.4. The Balaban J connectivity index is 1.50. The lowest BCUT2D eigenvalue weighted by Crippen LogP contribution is -2.49. The Kier molecular flexibility index (Phi) is 10.6. The molecule has 2 atom stereocenters. The van der Waals surface area contributed by atoms with Crippen molar-refractivity contribution in [3.05, 3.63) is 90.0 Å². The van der Waals surface area contributed by atoms with Gasteiger partial charge >= 0.3 is 0 Å².